The van der Waals surface area contributed by atoms with E-state index in [0.717, 1.165) is 16.9 Å². The van der Waals surface area contributed by atoms with Crippen LogP contribution in [0.5, 0.6) is 11.5 Å². The summed E-state index contributed by atoms with van der Waals surface area (Å²) in [6.07, 6.45) is 0. The quantitative estimate of drug-likeness (QED) is 0.839. The summed E-state index contributed by atoms with van der Waals surface area (Å²) in [6, 6.07) is 12.9. The second kappa shape index (κ2) is 8.44. The monoisotopic (exact) mass is 333 g/mol. The highest BCUT2D eigenvalue weighted by molar-refractivity contribution is 6.31. The molecule has 0 spiro atoms. The van der Waals surface area contributed by atoms with Crippen LogP contribution in [0.4, 0.5) is 0 Å². The fourth-order valence-electron chi connectivity index (χ4n) is 2.02. The van der Waals surface area contributed by atoms with Crippen molar-refractivity contribution in [2.24, 2.45) is 0 Å². The number of hydrogen-bond acceptors (Lipinski definition) is 3. The molecule has 122 valence electrons. The fraction of sp³-hybridized carbons (Fsp3) is 0.278. The molecule has 0 saturated heterocycles. The zero-order valence-electron chi connectivity index (χ0n) is 13.3. The van der Waals surface area contributed by atoms with Crippen molar-refractivity contribution in [1.29, 1.82) is 0 Å². The van der Waals surface area contributed by atoms with Crippen LogP contribution >= 0.6 is 11.6 Å². The predicted octanol–water partition coefficient (Wildman–Crippen LogP) is 3.74. The van der Waals surface area contributed by atoms with E-state index in [4.69, 9.17) is 21.1 Å². The third kappa shape index (κ3) is 5.49. The average Bonchev–Trinajstić information content (AvgIpc) is 2.55. The largest absolute Gasteiger partial charge is 0.494 e. The lowest BCUT2D eigenvalue weighted by atomic mass is 10.2. The van der Waals surface area contributed by atoms with Gasteiger partial charge in [0.25, 0.3) is 5.91 Å². The zero-order valence-corrected chi connectivity index (χ0v) is 14.0. The van der Waals surface area contributed by atoms with Crippen molar-refractivity contribution in [3.63, 3.8) is 0 Å². The minimum atomic E-state index is -0.181. The van der Waals surface area contributed by atoms with Crippen LogP contribution in [0.2, 0.25) is 5.02 Å². The molecule has 1 N–H and O–H groups in total. The van der Waals surface area contributed by atoms with Gasteiger partial charge in [-0.1, -0.05) is 23.7 Å². The van der Waals surface area contributed by atoms with Crippen molar-refractivity contribution in [2.75, 3.05) is 13.2 Å². The van der Waals surface area contributed by atoms with E-state index in [1.807, 2.05) is 38.1 Å². The number of carbonyl (C=O) groups is 1. The third-order valence-corrected chi connectivity index (χ3v) is 3.62. The smallest absolute Gasteiger partial charge is 0.258 e. The Morgan fingerprint density at radius 1 is 1.13 bits per heavy atom. The molecule has 0 aliphatic carbocycles. The first-order valence-electron chi connectivity index (χ1n) is 7.46. The van der Waals surface area contributed by atoms with Crippen molar-refractivity contribution >= 4 is 17.5 Å². The molecule has 0 heterocycles. The van der Waals surface area contributed by atoms with Gasteiger partial charge in [-0.25, -0.2) is 0 Å². The van der Waals surface area contributed by atoms with E-state index in [0.29, 0.717) is 23.9 Å². The van der Waals surface area contributed by atoms with Crippen molar-refractivity contribution in [1.82, 2.24) is 5.32 Å². The van der Waals surface area contributed by atoms with Gasteiger partial charge in [-0.2, -0.15) is 0 Å². The number of ether oxygens (including phenoxy) is 2. The molecule has 0 saturated carbocycles. The number of nitrogens with one attached hydrogen (secondary N) is 1. The molecule has 0 aromatic heterocycles. The number of aryl methyl sites for hydroxylation is 1. The maximum absolute atomic E-state index is 11.9. The lowest BCUT2D eigenvalue weighted by Gasteiger charge is -2.09. The van der Waals surface area contributed by atoms with E-state index in [-0.39, 0.29) is 12.5 Å². The van der Waals surface area contributed by atoms with E-state index >= 15 is 0 Å². The summed E-state index contributed by atoms with van der Waals surface area (Å²) in [4.78, 5) is 11.9. The number of amides is 1. The van der Waals surface area contributed by atoms with Crippen LogP contribution in [0.15, 0.2) is 42.5 Å². The Kier molecular flexibility index (Phi) is 6.29. The van der Waals surface area contributed by atoms with Crippen LogP contribution in [-0.4, -0.2) is 19.1 Å². The summed E-state index contributed by atoms with van der Waals surface area (Å²) in [5.41, 5.74) is 1.89. The molecule has 0 unspecified atom stereocenters. The van der Waals surface area contributed by atoms with Crippen LogP contribution in [0.1, 0.15) is 18.1 Å². The maximum Gasteiger partial charge on any atom is 0.258 e. The topological polar surface area (TPSA) is 47.6 Å². The number of benzene rings is 2. The Balaban J connectivity index is 1.80. The molecule has 0 aliphatic heterocycles. The highest BCUT2D eigenvalue weighted by Crippen LogP contribution is 2.20. The van der Waals surface area contributed by atoms with E-state index in [1.54, 1.807) is 18.2 Å². The zero-order chi connectivity index (χ0) is 16.7. The van der Waals surface area contributed by atoms with E-state index in [1.165, 1.54) is 0 Å². The van der Waals surface area contributed by atoms with E-state index < -0.39 is 0 Å². The van der Waals surface area contributed by atoms with Crippen molar-refractivity contribution < 1.29 is 14.3 Å². The summed E-state index contributed by atoms with van der Waals surface area (Å²) in [5, 5.41) is 3.50. The lowest BCUT2D eigenvalue weighted by Crippen LogP contribution is -2.28. The van der Waals surface area contributed by atoms with Crippen LogP contribution in [0, 0.1) is 6.92 Å². The standard InChI is InChI=1S/C18H20ClNO3/c1-3-22-15-6-4-5-14(10-15)11-20-18(21)12-23-16-7-8-17(19)13(2)9-16/h4-10H,3,11-12H2,1-2H3,(H,20,21). The predicted molar refractivity (Wildman–Crippen MR) is 91.1 cm³/mol. The molecule has 4 nitrogen and oxygen atoms in total. The van der Waals surface area contributed by atoms with Crippen LogP contribution in [-0.2, 0) is 11.3 Å². The van der Waals surface area contributed by atoms with Crippen molar-refractivity contribution in [3.05, 3.63) is 58.6 Å². The molecule has 1 amide bonds. The first-order valence-corrected chi connectivity index (χ1v) is 7.83. The Morgan fingerprint density at radius 2 is 1.91 bits per heavy atom. The molecule has 5 heteroatoms. The molecule has 0 atom stereocenters. The number of rotatable bonds is 7. The van der Waals surface area contributed by atoms with Gasteiger partial charge in [-0.05, 0) is 55.3 Å². The number of hydrogen-bond donors (Lipinski definition) is 1. The molecule has 0 bridgehead atoms. The van der Waals surface area contributed by atoms with Gasteiger partial charge in [0.05, 0.1) is 6.61 Å². The summed E-state index contributed by atoms with van der Waals surface area (Å²) in [5.74, 6) is 1.24. The number of carbonyl (C=O) groups excluding carboxylic acids is 1. The Morgan fingerprint density at radius 3 is 2.65 bits per heavy atom. The Hall–Kier alpha value is -2.20. The van der Waals surface area contributed by atoms with Crippen LogP contribution < -0.4 is 14.8 Å². The second-order valence-corrected chi connectivity index (χ2v) is 5.46. The SMILES string of the molecule is CCOc1cccc(CNC(=O)COc2ccc(Cl)c(C)c2)c1. The number of halogens is 1. The van der Waals surface area contributed by atoms with Gasteiger partial charge in [-0.3, -0.25) is 4.79 Å². The molecule has 0 radical (unpaired) electrons. The highest BCUT2D eigenvalue weighted by Gasteiger charge is 2.05. The summed E-state index contributed by atoms with van der Waals surface area (Å²) in [6.45, 7) is 4.84. The minimum Gasteiger partial charge on any atom is -0.494 e. The van der Waals surface area contributed by atoms with Gasteiger partial charge in [0, 0.05) is 11.6 Å². The molecule has 2 aromatic carbocycles. The molecule has 2 aromatic rings. The molecular weight excluding hydrogens is 314 g/mol. The summed E-state index contributed by atoms with van der Waals surface area (Å²) in [7, 11) is 0. The summed E-state index contributed by atoms with van der Waals surface area (Å²) >= 11 is 5.95. The van der Waals surface area contributed by atoms with Gasteiger partial charge in [0.15, 0.2) is 6.61 Å². The van der Waals surface area contributed by atoms with E-state index in [9.17, 15) is 4.79 Å². The summed E-state index contributed by atoms with van der Waals surface area (Å²) < 4.78 is 10.9. The van der Waals surface area contributed by atoms with Gasteiger partial charge in [0.2, 0.25) is 0 Å². The van der Waals surface area contributed by atoms with E-state index in [2.05, 4.69) is 5.32 Å². The van der Waals surface area contributed by atoms with Crippen LogP contribution in [0.25, 0.3) is 0 Å². The van der Waals surface area contributed by atoms with Crippen LogP contribution in [0.3, 0.4) is 0 Å². The molecule has 23 heavy (non-hydrogen) atoms. The van der Waals surface area contributed by atoms with Gasteiger partial charge in [-0.15, -0.1) is 0 Å². The van der Waals surface area contributed by atoms with Crippen molar-refractivity contribution in [3.8, 4) is 11.5 Å². The van der Waals surface area contributed by atoms with Crippen molar-refractivity contribution in [2.45, 2.75) is 20.4 Å². The average molecular weight is 334 g/mol. The Labute approximate surface area is 141 Å². The first-order chi connectivity index (χ1) is 11.1. The van der Waals surface area contributed by atoms with Gasteiger partial charge < -0.3 is 14.8 Å². The van der Waals surface area contributed by atoms with Gasteiger partial charge in [0.1, 0.15) is 11.5 Å². The molecular formula is C18H20ClNO3. The lowest BCUT2D eigenvalue weighted by molar-refractivity contribution is -0.123. The van der Waals surface area contributed by atoms with Gasteiger partial charge >= 0.3 is 0 Å². The highest BCUT2D eigenvalue weighted by atomic mass is 35.5. The molecule has 0 aliphatic rings. The fourth-order valence-corrected chi connectivity index (χ4v) is 2.14. The Bertz CT molecular complexity index is 673. The molecule has 0 fully saturated rings. The molecule has 2 rings (SSSR count). The first kappa shape index (κ1) is 17.2. The third-order valence-electron chi connectivity index (χ3n) is 3.20. The normalized spacial score (nSPS) is 10.2. The maximum atomic E-state index is 11.9. The second-order valence-electron chi connectivity index (χ2n) is 5.06. The minimum absolute atomic E-state index is 0.0355.